The van der Waals surface area contributed by atoms with Gasteiger partial charge >= 0.3 is 0 Å². The van der Waals surface area contributed by atoms with Gasteiger partial charge in [-0.15, -0.1) is 0 Å². The van der Waals surface area contributed by atoms with E-state index in [9.17, 15) is 8.42 Å². The second-order valence-electron chi connectivity index (χ2n) is 4.37. The largest absolute Gasteiger partial charge is 0.224 e. The van der Waals surface area contributed by atoms with Gasteiger partial charge in [0, 0.05) is 5.41 Å². The minimum Gasteiger partial charge on any atom is -0.224 e. The SMILES string of the molecule is CC(C)(C)S(=O)(=O)/C=C/c1ccccc1. The van der Waals surface area contributed by atoms with Crippen LogP contribution in [0.3, 0.4) is 0 Å². The molecular weight excluding hydrogens is 208 g/mol. The van der Waals surface area contributed by atoms with E-state index in [1.807, 2.05) is 30.3 Å². The van der Waals surface area contributed by atoms with Crippen LogP contribution in [0.2, 0.25) is 0 Å². The van der Waals surface area contributed by atoms with Crippen LogP contribution in [0.15, 0.2) is 35.7 Å². The smallest absolute Gasteiger partial charge is 0.176 e. The maximum absolute atomic E-state index is 11.7. The molecule has 0 aliphatic heterocycles. The molecule has 0 radical (unpaired) electrons. The van der Waals surface area contributed by atoms with Crippen LogP contribution in [0.25, 0.3) is 6.08 Å². The lowest BCUT2D eigenvalue weighted by molar-refractivity contribution is 0.570. The fourth-order valence-corrected chi connectivity index (χ4v) is 1.68. The molecule has 0 bridgehead atoms. The lowest BCUT2D eigenvalue weighted by atomic mass is 10.2. The van der Waals surface area contributed by atoms with Crippen LogP contribution >= 0.6 is 0 Å². The molecule has 0 aliphatic rings. The van der Waals surface area contributed by atoms with E-state index in [-0.39, 0.29) is 0 Å². The van der Waals surface area contributed by atoms with Crippen molar-refractivity contribution in [1.82, 2.24) is 0 Å². The molecule has 0 spiro atoms. The second kappa shape index (κ2) is 4.19. The van der Waals surface area contributed by atoms with Crippen molar-refractivity contribution in [2.75, 3.05) is 0 Å². The van der Waals surface area contributed by atoms with Gasteiger partial charge in [-0.2, -0.15) is 0 Å². The summed E-state index contributed by atoms with van der Waals surface area (Å²) in [6.07, 6.45) is 1.63. The van der Waals surface area contributed by atoms with Crippen LogP contribution in [0.1, 0.15) is 26.3 Å². The first-order valence-electron chi connectivity index (χ1n) is 4.81. The molecule has 1 aromatic rings. The standard InChI is InChI=1S/C12H16O2S/c1-12(2,3)15(13,14)10-9-11-7-5-4-6-8-11/h4-10H,1-3H3/b10-9+. The van der Waals surface area contributed by atoms with E-state index < -0.39 is 14.6 Å². The molecule has 0 N–H and O–H groups in total. The lowest BCUT2D eigenvalue weighted by Gasteiger charge is -2.15. The van der Waals surface area contributed by atoms with Gasteiger partial charge in [0.1, 0.15) is 0 Å². The zero-order chi connectivity index (χ0) is 11.5. The molecule has 0 heterocycles. The Bertz CT molecular complexity index is 436. The van der Waals surface area contributed by atoms with Gasteiger partial charge in [0.15, 0.2) is 9.84 Å². The van der Waals surface area contributed by atoms with Crippen LogP contribution in [-0.2, 0) is 9.84 Å². The third kappa shape index (κ3) is 3.20. The highest BCUT2D eigenvalue weighted by Crippen LogP contribution is 2.18. The van der Waals surface area contributed by atoms with Crippen molar-refractivity contribution < 1.29 is 8.42 Å². The summed E-state index contributed by atoms with van der Waals surface area (Å²) in [5.41, 5.74) is 0.894. The monoisotopic (exact) mass is 224 g/mol. The molecular formula is C12H16O2S. The summed E-state index contributed by atoms with van der Waals surface area (Å²) in [7, 11) is -3.18. The van der Waals surface area contributed by atoms with Gasteiger partial charge in [-0.1, -0.05) is 30.3 Å². The topological polar surface area (TPSA) is 34.1 Å². The Balaban J connectivity index is 2.93. The molecule has 0 aliphatic carbocycles. The first-order valence-corrected chi connectivity index (χ1v) is 6.35. The molecule has 0 saturated heterocycles. The molecule has 3 heteroatoms. The van der Waals surface area contributed by atoms with Crippen LogP contribution in [0.4, 0.5) is 0 Å². The third-order valence-electron chi connectivity index (χ3n) is 2.09. The molecule has 15 heavy (non-hydrogen) atoms. The number of hydrogen-bond acceptors (Lipinski definition) is 2. The van der Waals surface area contributed by atoms with Crippen molar-refractivity contribution in [2.45, 2.75) is 25.5 Å². The highest BCUT2D eigenvalue weighted by molar-refractivity contribution is 7.95. The summed E-state index contributed by atoms with van der Waals surface area (Å²) < 4.78 is 22.7. The minimum atomic E-state index is -3.18. The highest BCUT2D eigenvalue weighted by Gasteiger charge is 2.25. The van der Waals surface area contributed by atoms with E-state index in [0.29, 0.717) is 0 Å². The van der Waals surface area contributed by atoms with Gasteiger partial charge in [-0.05, 0) is 32.4 Å². The number of rotatable bonds is 2. The maximum atomic E-state index is 11.7. The zero-order valence-electron chi connectivity index (χ0n) is 9.27. The molecule has 82 valence electrons. The first kappa shape index (κ1) is 12.0. The third-order valence-corrected chi connectivity index (χ3v) is 4.29. The van der Waals surface area contributed by atoms with Crippen LogP contribution < -0.4 is 0 Å². The summed E-state index contributed by atoms with van der Waals surface area (Å²) in [6.45, 7) is 5.08. The minimum absolute atomic E-state index is 0.738. The molecule has 1 aromatic carbocycles. The Hall–Kier alpha value is -1.09. The fourth-order valence-electron chi connectivity index (χ4n) is 0.936. The van der Waals surface area contributed by atoms with Gasteiger partial charge in [0.2, 0.25) is 0 Å². The Labute approximate surface area is 91.6 Å². The van der Waals surface area contributed by atoms with Crippen LogP contribution in [0.5, 0.6) is 0 Å². The van der Waals surface area contributed by atoms with Gasteiger partial charge < -0.3 is 0 Å². The van der Waals surface area contributed by atoms with Gasteiger partial charge in [0.05, 0.1) is 4.75 Å². The number of sulfone groups is 1. The van der Waals surface area contributed by atoms with E-state index in [4.69, 9.17) is 0 Å². The van der Waals surface area contributed by atoms with Gasteiger partial charge in [-0.25, -0.2) is 8.42 Å². The highest BCUT2D eigenvalue weighted by atomic mass is 32.2. The van der Waals surface area contributed by atoms with Gasteiger partial charge in [0.25, 0.3) is 0 Å². The first-order chi connectivity index (χ1) is 6.83. The number of benzene rings is 1. The van der Waals surface area contributed by atoms with Crippen molar-refractivity contribution in [2.24, 2.45) is 0 Å². The Morgan fingerprint density at radius 2 is 1.60 bits per heavy atom. The van der Waals surface area contributed by atoms with Crippen molar-refractivity contribution in [1.29, 1.82) is 0 Å². The Morgan fingerprint density at radius 3 is 2.07 bits per heavy atom. The molecule has 0 unspecified atom stereocenters. The van der Waals surface area contributed by atoms with Crippen molar-refractivity contribution in [3.63, 3.8) is 0 Å². The molecule has 1 rings (SSSR count). The summed E-state index contributed by atoms with van der Waals surface area (Å²) >= 11 is 0. The Morgan fingerprint density at radius 1 is 1.07 bits per heavy atom. The van der Waals surface area contributed by atoms with Crippen molar-refractivity contribution in [3.8, 4) is 0 Å². The maximum Gasteiger partial charge on any atom is 0.176 e. The predicted octanol–water partition coefficient (Wildman–Crippen LogP) is 2.87. The van der Waals surface area contributed by atoms with Crippen molar-refractivity contribution >= 4 is 15.9 Å². The molecule has 0 atom stereocenters. The van der Waals surface area contributed by atoms with Crippen LogP contribution in [0, 0.1) is 0 Å². The normalized spacial score (nSPS) is 13.3. The average molecular weight is 224 g/mol. The summed E-state index contributed by atoms with van der Waals surface area (Å²) in [5, 5.41) is 1.28. The summed E-state index contributed by atoms with van der Waals surface area (Å²) in [4.78, 5) is 0. The molecule has 0 aromatic heterocycles. The van der Waals surface area contributed by atoms with E-state index in [1.165, 1.54) is 5.41 Å². The van der Waals surface area contributed by atoms with E-state index >= 15 is 0 Å². The van der Waals surface area contributed by atoms with E-state index in [0.717, 1.165) is 5.56 Å². The average Bonchev–Trinajstić information content (AvgIpc) is 2.15. The molecule has 2 nitrogen and oxygen atoms in total. The van der Waals surface area contributed by atoms with E-state index in [2.05, 4.69) is 0 Å². The Kier molecular flexibility index (Phi) is 3.35. The van der Waals surface area contributed by atoms with Gasteiger partial charge in [-0.3, -0.25) is 0 Å². The molecule has 0 fully saturated rings. The fraction of sp³-hybridized carbons (Fsp3) is 0.333. The summed E-state index contributed by atoms with van der Waals surface area (Å²) in [5.74, 6) is 0. The quantitative estimate of drug-likeness (QED) is 0.774. The second-order valence-corrected chi connectivity index (χ2v) is 6.96. The zero-order valence-corrected chi connectivity index (χ0v) is 10.1. The van der Waals surface area contributed by atoms with Crippen molar-refractivity contribution in [3.05, 3.63) is 41.3 Å². The van der Waals surface area contributed by atoms with Crippen LogP contribution in [-0.4, -0.2) is 13.2 Å². The molecule has 0 saturated carbocycles. The molecule has 0 amide bonds. The lowest BCUT2D eigenvalue weighted by Crippen LogP contribution is -2.25. The van der Waals surface area contributed by atoms with E-state index in [1.54, 1.807) is 26.8 Å². The number of hydrogen-bond donors (Lipinski definition) is 0. The predicted molar refractivity (Wildman–Crippen MR) is 64.1 cm³/mol. The summed E-state index contributed by atoms with van der Waals surface area (Å²) in [6, 6.07) is 9.39.